The predicted molar refractivity (Wildman–Crippen MR) is 46.8 cm³/mol. The number of rotatable bonds is 2. The van der Waals surface area contributed by atoms with Gasteiger partial charge in [0.15, 0.2) is 0 Å². The van der Waals surface area contributed by atoms with Crippen LogP contribution in [0.25, 0.3) is 0 Å². The number of ether oxygens (including phenoxy) is 1. The van der Waals surface area contributed by atoms with Crippen molar-refractivity contribution in [2.24, 2.45) is 0 Å². The van der Waals surface area contributed by atoms with Gasteiger partial charge in [0.1, 0.15) is 11.9 Å². The Morgan fingerprint density at radius 1 is 1.53 bits per heavy atom. The Hall–Kier alpha value is -1.91. The molecule has 0 radical (unpaired) electrons. The van der Waals surface area contributed by atoms with E-state index in [4.69, 9.17) is 9.84 Å². The van der Waals surface area contributed by atoms with Crippen molar-refractivity contribution in [3.8, 4) is 0 Å². The average molecular weight is 210 g/mol. The van der Waals surface area contributed by atoms with Crippen LogP contribution in [-0.2, 0) is 9.53 Å². The van der Waals surface area contributed by atoms with Gasteiger partial charge in [-0.05, 0) is 12.1 Å². The summed E-state index contributed by atoms with van der Waals surface area (Å²) in [5, 5.41) is 8.57. The molecule has 0 amide bonds. The highest BCUT2D eigenvalue weighted by molar-refractivity contribution is 5.94. The van der Waals surface area contributed by atoms with Crippen LogP contribution in [0.5, 0.6) is 0 Å². The minimum Gasteiger partial charge on any atom is -0.481 e. The van der Waals surface area contributed by atoms with Gasteiger partial charge in [-0.25, -0.2) is 9.18 Å². The topological polar surface area (TPSA) is 63.6 Å². The third-order valence-electron chi connectivity index (χ3n) is 2.19. The number of halogens is 1. The van der Waals surface area contributed by atoms with E-state index in [1.807, 2.05) is 0 Å². The van der Waals surface area contributed by atoms with E-state index >= 15 is 0 Å². The molecule has 78 valence electrons. The van der Waals surface area contributed by atoms with Crippen LogP contribution >= 0.6 is 0 Å². The lowest BCUT2D eigenvalue weighted by Crippen LogP contribution is -2.05. The molecular weight excluding hydrogens is 203 g/mol. The quantitative estimate of drug-likeness (QED) is 0.751. The number of hydrogen-bond donors (Lipinski definition) is 1. The highest BCUT2D eigenvalue weighted by Gasteiger charge is 2.32. The predicted octanol–water partition coefficient (Wildman–Crippen LogP) is 1.51. The fraction of sp³-hybridized carbons (Fsp3) is 0.200. The molecule has 0 aromatic heterocycles. The second kappa shape index (κ2) is 3.34. The van der Waals surface area contributed by atoms with E-state index < -0.39 is 23.9 Å². The van der Waals surface area contributed by atoms with Crippen LogP contribution in [0.4, 0.5) is 4.39 Å². The summed E-state index contributed by atoms with van der Waals surface area (Å²) in [6.07, 6.45) is -1.10. The Labute approximate surface area is 84.3 Å². The fourth-order valence-electron chi connectivity index (χ4n) is 1.55. The molecule has 4 nitrogen and oxygen atoms in total. The molecule has 1 aliphatic rings. The number of aliphatic carboxylic acids is 1. The van der Waals surface area contributed by atoms with Crippen molar-refractivity contribution in [2.45, 2.75) is 12.5 Å². The molecule has 0 saturated carbocycles. The first-order chi connectivity index (χ1) is 7.08. The largest absolute Gasteiger partial charge is 0.481 e. The van der Waals surface area contributed by atoms with Crippen molar-refractivity contribution in [3.05, 3.63) is 35.1 Å². The highest BCUT2D eigenvalue weighted by Crippen LogP contribution is 2.33. The molecule has 1 aromatic carbocycles. The molecular formula is C10H7FO4. The van der Waals surface area contributed by atoms with Crippen LogP contribution in [0.1, 0.15) is 28.4 Å². The Balaban J connectivity index is 2.38. The first-order valence-corrected chi connectivity index (χ1v) is 4.30. The highest BCUT2D eigenvalue weighted by atomic mass is 19.1. The first-order valence-electron chi connectivity index (χ1n) is 4.30. The zero-order valence-corrected chi connectivity index (χ0v) is 7.57. The lowest BCUT2D eigenvalue weighted by atomic mass is 10.0. The van der Waals surface area contributed by atoms with Gasteiger partial charge < -0.3 is 9.84 Å². The number of hydrogen-bond acceptors (Lipinski definition) is 3. The maximum atomic E-state index is 12.8. The van der Waals surface area contributed by atoms with Gasteiger partial charge in [-0.2, -0.15) is 0 Å². The van der Waals surface area contributed by atoms with E-state index in [0.29, 0.717) is 5.56 Å². The summed E-state index contributed by atoms with van der Waals surface area (Å²) in [7, 11) is 0. The van der Waals surface area contributed by atoms with E-state index in [9.17, 15) is 14.0 Å². The second-order valence-electron chi connectivity index (χ2n) is 3.22. The lowest BCUT2D eigenvalue weighted by Gasteiger charge is -2.06. The van der Waals surface area contributed by atoms with Crippen LogP contribution in [0.2, 0.25) is 0 Å². The average Bonchev–Trinajstić information content (AvgIpc) is 2.42. The monoisotopic (exact) mass is 210 g/mol. The summed E-state index contributed by atoms with van der Waals surface area (Å²) in [5.74, 6) is -2.28. The third-order valence-corrected chi connectivity index (χ3v) is 2.19. The van der Waals surface area contributed by atoms with Gasteiger partial charge >= 0.3 is 11.9 Å². The summed E-state index contributed by atoms with van der Waals surface area (Å²) in [6, 6.07) is 3.61. The summed E-state index contributed by atoms with van der Waals surface area (Å²) in [5.41, 5.74) is 0.546. The Morgan fingerprint density at radius 3 is 2.93 bits per heavy atom. The molecule has 1 aromatic rings. The molecule has 0 spiro atoms. The molecule has 0 saturated heterocycles. The van der Waals surface area contributed by atoms with Crippen molar-refractivity contribution >= 4 is 11.9 Å². The summed E-state index contributed by atoms with van der Waals surface area (Å²) in [6.45, 7) is 0. The number of carboxylic acids is 1. The van der Waals surface area contributed by atoms with Gasteiger partial charge in [0.05, 0.1) is 12.0 Å². The molecule has 1 N–H and O–H groups in total. The van der Waals surface area contributed by atoms with Crippen molar-refractivity contribution < 1.29 is 23.8 Å². The number of esters is 1. The molecule has 0 bridgehead atoms. The SMILES string of the molecule is O=C(O)CC1OC(=O)c2cc(F)ccc21. The number of fused-ring (bicyclic) bond motifs is 1. The zero-order valence-electron chi connectivity index (χ0n) is 7.57. The van der Waals surface area contributed by atoms with Crippen molar-refractivity contribution in [2.75, 3.05) is 0 Å². The van der Waals surface area contributed by atoms with Crippen LogP contribution in [-0.4, -0.2) is 17.0 Å². The molecule has 0 fully saturated rings. The van der Waals surface area contributed by atoms with Gasteiger partial charge in [0, 0.05) is 5.56 Å². The summed E-state index contributed by atoms with van der Waals surface area (Å²) in [4.78, 5) is 21.7. The van der Waals surface area contributed by atoms with E-state index in [0.717, 1.165) is 6.07 Å². The van der Waals surface area contributed by atoms with Crippen LogP contribution in [0, 0.1) is 5.82 Å². The van der Waals surface area contributed by atoms with Gasteiger partial charge in [0.25, 0.3) is 0 Å². The number of carbonyl (C=O) groups is 2. The second-order valence-corrected chi connectivity index (χ2v) is 3.22. The standard InChI is InChI=1S/C10H7FO4/c11-5-1-2-6-7(3-5)10(14)15-8(6)4-9(12)13/h1-3,8H,4H2,(H,12,13). The molecule has 1 aliphatic heterocycles. The smallest absolute Gasteiger partial charge is 0.339 e. The molecule has 2 rings (SSSR count). The molecule has 0 aliphatic carbocycles. The van der Waals surface area contributed by atoms with Gasteiger partial charge in [0.2, 0.25) is 0 Å². The van der Waals surface area contributed by atoms with E-state index in [1.165, 1.54) is 12.1 Å². The van der Waals surface area contributed by atoms with Crippen LogP contribution < -0.4 is 0 Å². The first kappa shape index (κ1) is 9.64. The number of cyclic esters (lactones) is 1. The normalized spacial score (nSPS) is 18.5. The fourth-order valence-corrected chi connectivity index (χ4v) is 1.55. The minimum absolute atomic E-state index is 0.112. The molecule has 1 atom stereocenters. The molecule has 15 heavy (non-hydrogen) atoms. The third kappa shape index (κ3) is 1.68. The lowest BCUT2D eigenvalue weighted by molar-refractivity contribution is -0.139. The number of carbonyl (C=O) groups excluding carboxylic acids is 1. The van der Waals surface area contributed by atoms with Gasteiger partial charge in [-0.3, -0.25) is 4.79 Å². The van der Waals surface area contributed by atoms with E-state index in [-0.39, 0.29) is 12.0 Å². The van der Waals surface area contributed by atoms with Crippen molar-refractivity contribution in [1.82, 2.24) is 0 Å². The zero-order chi connectivity index (χ0) is 11.0. The Bertz CT molecular complexity index is 441. The Morgan fingerprint density at radius 2 is 2.27 bits per heavy atom. The minimum atomic E-state index is -1.06. The summed E-state index contributed by atoms with van der Waals surface area (Å²) >= 11 is 0. The van der Waals surface area contributed by atoms with Crippen molar-refractivity contribution in [3.63, 3.8) is 0 Å². The van der Waals surface area contributed by atoms with Crippen molar-refractivity contribution in [1.29, 1.82) is 0 Å². The summed E-state index contributed by atoms with van der Waals surface area (Å²) < 4.78 is 17.6. The molecule has 5 heteroatoms. The maximum Gasteiger partial charge on any atom is 0.339 e. The maximum absolute atomic E-state index is 12.8. The van der Waals surface area contributed by atoms with E-state index in [1.54, 1.807) is 0 Å². The molecule has 1 unspecified atom stereocenters. The van der Waals surface area contributed by atoms with Crippen LogP contribution in [0.3, 0.4) is 0 Å². The number of benzene rings is 1. The van der Waals surface area contributed by atoms with Gasteiger partial charge in [-0.15, -0.1) is 0 Å². The number of carboxylic acid groups (broad SMARTS) is 1. The Kier molecular flexibility index (Phi) is 2.15. The molecule has 1 heterocycles. The van der Waals surface area contributed by atoms with E-state index in [2.05, 4.69) is 0 Å². The van der Waals surface area contributed by atoms with Gasteiger partial charge in [-0.1, -0.05) is 6.07 Å². The van der Waals surface area contributed by atoms with Crippen LogP contribution in [0.15, 0.2) is 18.2 Å².